The van der Waals surface area contributed by atoms with Crippen LogP contribution in [0.3, 0.4) is 0 Å². The number of para-hydroxylation sites is 1. The molecule has 0 aliphatic carbocycles. The van der Waals surface area contributed by atoms with Gasteiger partial charge in [-0.3, -0.25) is 9.59 Å². The van der Waals surface area contributed by atoms with E-state index in [0.29, 0.717) is 41.1 Å². The molecule has 33 heavy (non-hydrogen) atoms. The van der Waals surface area contributed by atoms with Crippen molar-refractivity contribution in [3.05, 3.63) is 76.3 Å². The standard InChI is InChI=1S/C24H25N5O4/c1-16-19-14-26-29(18-7-5-4-6-8-18)23(19)24(31)28(27-16)15-22(30)25-12-11-17-9-10-20(32-2)21(13-17)33-3/h4-10,13-14H,11-12,15H2,1-3H3,(H,25,30). The van der Waals surface area contributed by atoms with Crippen molar-refractivity contribution in [1.29, 1.82) is 0 Å². The summed E-state index contributed by atoms with van der Waals surface area (Å²) >= 11 is 0. The van der Waals surface area contributed by atoms with E-state index >= 15 is 0 Å². The molecule has 4 aromatic rings. The topological polar surface area (TPSA) is 100 Å². The summed E-state index contributed by atoms with van der Waals surface area (Å²) in [5.74, 6) is 0.988. The van der Waals surface area contributed by atoms with E-state index in [-0.39, 0.29) is 18.0 Å². The highest BCUT2D eigenvalue weighted by atomic mass is 16.5. The molecule has 0 saturated carbocycles. The third-order valence-corrected chi connectivity index (χ3v) is 5.34. The average Bonchev–Trinajstić information content (AvgIpc) is 3.29. The monoisotopic (exact) mass is 447 g/mol. The number of carbonyl (C=O) groups is 1. The van der Waals surface area contributed by atoms with Gasteiger partial charge < -0.3 is 14.8 Å². The number of rotatable bonds is 8. The molecule has 2 aromatic heterocycles. The number of fused-ring (bicyclic) bond motifs is 1. The first kappa shape index (κ1) is 22.1. The van der Waals surface area contributed by atoms with Crippen molar-refractivity contribution in [2.75, 3.05) is 20.8 Å². The Balaban J connectivity index is 1.48. The quantitative estimate of drug-likeness (QED) is 0.445. The van der Waals surface area contributed by atoms with Crippen LogP contribution in [-0.2, 0) is 17.8 Å². The fourth-order valence-electron chi connectivity index (χ4n) is 3.67. The van der Waals surface area contributed by atoms with Crippen LogP contribution in [0.15, 0.2) is 59.5 Å². The van der Waals surface area contributed by atoms with Gasteiger partial charge in [0.05, 0.1) is 31.8 Å². The maximum Gasteiger partial charge on any atom is 0.293 e. The molecule has 0 saturated heterocycles. The Morgan fingerprint density at radius 1 is 1.06 bits per heavy atom. The second kappa shape index (κ2) is 9.56. The zero-order valence-corrected chi connectivity index (χ0v) is 18.7. The van der Waals surface area contributed by atoms with Crippen LogP contribution >= 0.6 is 0 Å². The molecule has 4 rings (SSSR count). The molecule has 0 aliphatic rings. The van der Waals surface area contributed by atoms with Gasteiger partial charge in [0.25, 0.3) is 5.56 Å². The third kappa shape index (κ3) is 4.57. The van der Waals surface area contributed by atoms with Gasteiger partial charge in [0.1, 0.15) is 12.1 Å². The normalized spacial score (nSPS) is 10.9. The summed E-state index contributed by atoms with van der Waals surface area (Å²) in [6.07, 6.45) is 2.23. The van der Waals surface area contributed by atoms with Gasteiger partial charge in [0, 0.05) is 11.9 Å². The highest BCUT2D eigenvalue weighted by Gasteiger charge is 2.16. The minimum atomic E-state index is -0.369. The first-order valence-corrected chi connectivity index (χ1v) is 10.5. The predicted octanol–water partition coefficient (Wildman–Crippen LogP) is 2.27. The van der Waals surface area contributed by atoms with Crippen LogP contribution in [-0.4, -0.2) is 46.2 Å². The van der Waals surface area contributed by atoms with E-state index in [1.54, 1.807) is 32.0 Å². The van der Waals surface area contributed by atoms with Crippen molar-refractivity contribution in [2.24, 2.45) is 0 Å². The van der Waals surface area contributed by atoms with E-state index in [4.69, 9.17) is 9.47 Å². The van der Waals surface area contributed by atoms with Gasteiger partial charge >= 0.3 is 0 Å². The van der Waals surface area contributed by atoms with Crippen molar-refractivity contribution in [3.63, 3.8) is 0 Å². The van der Waals surface area contributed by atoms with Gasteiger partial charge in [0.2, 0.25) is 5.91 Å². The number of ether oxygens (including phenoxy) is 2. The number of aryl methyl sites for hydroxylation is 1. The number of nitrogens with zero attached hydrogens (tertiary/aromatic N) is 4. The van der Waals surface area contributed by atoms with Crippen LogP contribution in [0.5, 0.6) is 11.5 Å². The minimum Gasteiger partial charge on any atom is -0.493 e. The van der Waals surface area contributed by atoms with Crippen molar-refractivity contribution in [2.45, 2.75) is 19.9 Å². The SMILES string of the molecule is COc1ccc(CCNC(=O)Cn2nc(C)c3cnn(-c4ccccc4)c3c2=O)cc1OC. The zero-order valence-electron chi connectivity index (χ0n) is 18.7. The molecule has 9 heteroatoms. The molecule has 0 unspecified atom stereocenters. The summed E-state index contributed by atoms with van der Waals surface area (Å²) in [5, 5.41) is 12.2. The molecule has 2 heterocycles. The number of hydrogen-bond acceptors (Lipinski definition) is 6. The van der Waals surface area contributed by atoms with E-state index in [9.17, 15) is 9.59 Å². The van der Waals surface area contributed by atoms with Crippen LogP contribution in [0.2, 0.25) is 0 Å². The zero-order chi connectivity index (χ0) is 23.4. The molecule has 9 nitrogen and oxygen atoms in total. The van der Waals surface area contributed by atoms with Gasteiger partial charge in [-0.15, -0.1) is 0 Å². The molecule has 0 aliphatic heterocycles. The molecule has 1 amide bonds. The molecule has 170 valence electrons. The summed E-state index contributed by atoms with van der Waals surface area (Å²) in [4.78, 5) is 25.7. The molecule has 0 fully saturated rings. The lowest BCUT2D eigenvalue weighted by atomic mass is 10.1. The molecule has 0 atom stereocenters. The number of hydrogen-bond donors (Lipinski definition) is 1. The molecular weight excluding hydrogens is 422 g/mol. The van der Waals surface area contributed by atoms with E-state index in [1.807, 2.05) is 48.5 Å². The van der Waals surface area contributed by atoms with Crippen LogP contribution in [0.25, 0.3) is 16.6 Å². The summed E-state index contributed by atoms with van der Waals surface area (Å²) < 4.78 is 13.3. The van der Waals surface area contributed by atoms with Crippen LogP contribution in [0.4, 0.5) is 0 Å². The Kier molecular flexibility index (Phi) is 6.39. The summed E-state index contributed by atoms with van der Waals surface area (Å²) in [6, 6.07) is 15.0. The van der Waals surface area contributed by atoms with E-state index in [1.165, 1.54) is 4.68 Å². The van der Waals surface area contributed by atoms with E-state index in [2.05, 4.69) is 15.5 Å². The largest absolute Gasteiger partial charge is 0.493 e. The Hall–Kier alpha value is -4.14. The smallest absolute Gasteiger partial charge is 0.293 e. The highest BCUT2D eigenvalue weighted by Crippen LogP contribution is 2.27. The molecule has 2 aromatic carbocycles. The highest BCUT2D eigenvalue weighted by molar-refractivity contribution is 5.82. The first-order chi connectivity index (χ1) is 16.0. The maximum absolute atomic E-state index is 13.1. The Bertz CT molecular complexity index is 1340. The predicted molar refractivity (Wildman–Crippen MR) is 124 cm³/mol. The number of aromatic nitrogens is 4. The lowest BCUT2D eigenvalue weighted by molar-refractivity contribution is -0.121. The minimum absolute atomic E-state index is 0.179. The summed E-state index contributed by atoms with van der Waals surface area (Å²) in [5.41, 5.74) is 2.41. The molecule has 0 radical (unpaired) electrons. The van der Waals surface area contributed by atoms with Gasteiger partial charge in [0.15, 0.2) is 11.5 Å². The number of methoxy groups -OCH3 is 2. The van der Waals surface area contributed by atoms with Crippen molar-refractivity contribution in [3.8, 4) is 17.2 Å². The fraction of sp³-hybridized carbons (Fsp3) is 0.250. The summed E-state index contributed by atoms with van der Waals surface area (Å²) in [7, 11) is 3.16. The first-order valence-electron chi connectivity index (χ1n) is 10.5. The Morgan fingerprint density at radius 3 is 2.55 bits per heavy atom. The number of nitrogens with one attached hydrogen (secondary N) is 1. The second-order valence-corrected chi connectivity index (χ2v) is 7.49. The van der Waals surface area contributed by atoms with Gasteiger partial charge in [-0.2, -0.15) is 10.2 Å². The van der Waals surface area contributed by atoms with Gasteiger partial charge in [-0.05, 0) is 43.2 Å². The van der Waals surface area contributed by atoms with Crippen molar-refractivity contribution < 1.29 is 14.3 Å². The van der Waals surface area contributed by atoms with Crippen molar-refractivity contribution in [1.82, 2.24) is 24.9 Å². The molecule has 1 N–H and O–H groups in total. The summed E-state index contributed by atoms with van der Waals surface area (Å²) in [6.45, 7) is 2.03. The molecular formula is C24H25N5O4. The van der Waals surface area contributed by atoms with Crippen LogP contribution in [0.1, 0.15) is 11.3 Å². The number of carbonyl (C=O) groups excluding carboxylic acids is 1. The van der Waals surface area contributed by atoms with E-state index in [0.717, 1.165) is 11.3 Å². The average molecular weight is 447 g/mol. The lowest BCUT2D eigenvalue weighted by Crippen LogP contribution is -2.35. The Labute approximate surface area is 190 Å². The van der Waals surface area contributed by atoms with Gasteiger partial charge in [-0.1, -0.05) is 24.3 Å². The number of amides is 1. The second-order valence-electron chi connectivity index (χ2n) is 7.49. The van der Waals surface area contributed by atoms with Crippen LogP contribution < -0.4 is 20.3 Å². The third-order valence-electron chi connectivity index (χ3n) is 5.34. The fourth-order valence-corrected chi connectivity index (χ4v) is 3.67. The maximum atomic E-state index is 13.1. The molecule has 0 spiro atoms. The van der Waals surface area contributed by atoms with Crippen LogP contribution in [0, 0.1) is 6.92 Å². The molecule has 0 bridgehead atoms. The van der Waals surface area contributed by atoms with E-state index < -0.39 is 0 Å². The van der Waals surface area contributed by atoms with Crippen molar-refractivity contribution >= 4 is 16.8 Å². The number of benzene rings is 2. The van der Waals surface area contributed by atoms with Gasteiger partial charge in [-0.25, -0.2) is 9.36 Å². The Morgan fingerprint density at radius 2 is 1.82 bits per heavy atom. The lowest BCUT2D eigenvalue weighted by Gasteiger charge is -2.11.